The predicted molar refractivity (Wildman–Crippen MR) is 75.2 cm³/mol. The van der Waals surface area contributed by atoms with E-state index in [0.29, 0.717) is 0 Å². The van der Waals surface area contributed by atoms with Gasteiger partial charge in [0.15, 0.2) is 0 Å². The highest BCUT2D eigenvalue weighted by atomic mass is 16.5. The van der Waals surface area contributed by atoms with Gasteiger partial charge in [0.2, 0.25) is 6.08 Å². The molecule has 0 saturated heterocycles. The highest BCUT2D eigenvalue weighted by Crippen LogP contribution is 2.46. The minimum Gasteiger partial charge on any atom is -0.491 e. The van der Waals surface area contributed by atoms with Crippen LogP contribution in [0.4, 0.5) is 0 Å². The molecule has 102 valence electrons. The zero-order valence-corrected chi connectivity index (χ0v) is 11.9. The molecule has 3 heteroatoms. The van der Waals surface area contributed by atoms with Crippen molar-refractivity contribution >= 4 is 6.08 Å². The molecular weight excluding hydrogens is 238 g/mol. The smallest absolute Gasteiger partial charge is 0.235 e. The number of hydrogen-bond donors (Lipinski definition) is 0. The van der Waals surface area contributed by atoms with E-state index in [1.54, 1.807) is 6.08 Å². The zero-order chi connectivity index (χ0) is 13.9. The summed E-state index contributed by atoms with van der Waals surface area (Å²) >= 11 is 0. The van der Waals surface area contributed by atoms with Gasteiger partial charge in [0.25, 0.3) is 0 Å². The molecule has 1 fully saturated rings. The van der Waals surface area contributed by atoms with Crippen molar-refractivity contribution in [1.29, 1.82) is 0 Å². The molecular formula is C16H21NO2. The van der Waals surface area contributed by atoms with Gasteiger partial charge in [-0.2, -0.15) is 4.99 Å². The third-order valence-electron chi connectivity index (χ3n) is 3.69. The summed E-state index contributed by atoms with van der Waals surface area (Å²) in [4.78, 5) is 15.0. The Kier molecular flexibility index (Phi) is 4.06. The first kappa shape index (κ1) is 13.8. The maximum absolute atomic E-state index is 10.8. The average Bonchev–Trinajstić information content (AvgIpc) is 2.81. The Hall–Kier alpha value is -1.60. The molecule has 19 heavy (non-hydrogen) atoms. The summed E-state index contributed by atoms with van der Waals surface area (Å²) in [5.74, 6) is 0.849. The third kappa shape index (κ3) is 2.87. The Balaban J connectivity index is 2.51. The first-order valence-corrected chi connectivity index (χ1v) is 6.94. The van der Waals surface area contributed by atoms with Gasteiger partial charge in [0.1, 0.15) is 11.3 Å². The Morgan fingerprint density at radius 2 is 2.00 bits per heavy atom. The molecule has 0 aromatic heterocycles. The van der Waals surface area contributed by atoms with E-state index in [4.69, 9.17) is 4.74 Å². The number of nitrogens with zero attached hydrogens (tertiary/aromatic N) is 1. The van der Waals surface area contributed by atoms with Gasteiger partial charge in [-0.15, -0.1) is 0 Å². The summed E-state index contributed by atoms with van der Waals surface area (Å²) in [6.45, 7) is 6.07. The maximum Gasteiger partial charge on any atom is 0.235 e. The fourth-order valence-electron chi connectivity index (χ4n) is 2.85. The van der Waals surface area contributed by atoms with Gasteiger partial charge in [-0.05, 0) is 45.7 Å². The monoisotopic (exact) mass is 259 g/mol. The molecule has 1 saturated carbocycles. The molecule has 0 N–H and O–H groups in total. The fourth-order valence-corrected chi connectivity index (χ4v) is 2.85. The van der Waals surface area contributed by atoms with Gasteiger partial charge in [-0.25, -0.2) is 4.79 Å². The lowest BCUT2D eigenvalue weighted by atomic mass is 9.87. The first-order valence-electron chi connectivity index (χ1n) is 6.94. The summed E-state index contributed by atoms with van der Waals surface area (Å²) in [5.41, 5.74) is 1.79. The lowest BCUT2D eigenvalue weighted by molar-refractivity contribution is 0.234. The van der Waals surface area contributed by atoms with Gasteiger partial charge in [-0.1, -0.05) is 24.5 Å². The number of hydrogen-bond acceptors (Lipinski definition) is 3. The molecule has 0 amide bonds. The van der Waals surface area contributed by atoms with Gasteiger partial charge < -0.3 is 4.74 Å². The van der Waals surface area contributed by atoms with Crippen LogP contribution in [0.5, 0.6) is 5.75 Å². The van der Waals surface area contributed by atoms with Crippen LogP contribution in [-0.4, -0.2) is 12.2 Å². The van der Waals surface area contributed by atoms with E-state index in [-0.39, 0.29) is 6.10 Å². The van der Waals surface area contributed by atoms with Crippen LogP contribution in [0.2, 0.25) is 0 Å². The van der Waals surface area contributed by atoms with Crippen molar-refractivity contribution in [2.45, 2.75) is 58.1 Å². The molecule has 1 aliphatic carbocycles. The molecule has 1 aliphatic rings. The summed E-state index contributed by atoms with van der Waals surface area (Å²) in [6.07, 6.45) is 5.88. The summed E-state index contributed by atoms with van der Waals surface area (Å²) in [6, 6.07) is 6.13. The standard InChI is InChI=1S/C16H21NO2/c1-12(2)19-15-7-6-13(3)10-14(15)16(17-11-18)8-4-5-9-16/h6-7,10,12H,4-5,8-9H2,1-3H3. The summed E-state index contributed by atoms with van der Waals surface area (Å²) < 4.78 is 5.89. The van der Waals surface area contributed by atoms with E-state index in [2.05, 4.69) is 18.0 Å². The molecule has 1 aromatic rings. The molecule has 0 heterocycles. The van der Waals surface area contributed by atoms with Crippen LogP contribution in [-0.2, 0) is 10.3 Å². The molecule has 0 bridgehead atoms. The number of isocyanates is 1. The van der Waals surface area contributed by atoms with Crippen LogP contribution >= 0.6 is 0 Å². The van der Waals surface area contributed by atoms with Crippen molar-refractivity contribution in [3.05, 3.63) is 29.3 Å². The molecule has 0 aliphatic heterocycles. The fraction of sp³-hybridized carbons (Fsp3) is 0.562. The summed E-state index contributed by atoms with van der Waals surface area (Å²) in [5, 5.41) is 0. The topological polar surface area (TPSA) is 38.7 Å². The van der Waals surface area contributed by atoms with Gasteiger partial charge >= 0.3 is 0 Å². The number of ether oxygens (including phenoxy) is 1. The molecule has 0 unspecified atom stereocenters. The van der Waals surface area contributed by atoms with Crippen molar-refractivity contribution in [3.63, 3.8) is 0 Å². The van der Waals surface area contributed by atoms with E-state index < -0.39 is 5.54 Å². The van der Waals surface area contributed by atoms with Gasteiger partial charge in [-0.3, -0.25) is 0 Å². The van der Waals surface area contributed by atoms with E-state index in [0.717, 1.165) is 37.0 Å². The number of aliphatic imine (C=N–C) groups is 1. The predicted octanol–water partition coefficient (Wildman–Crippen LogP) is 3.89. The van der Waals surface area contributed by atoms with E-state index in [1.807, 2.05) is 26.0 Å². The minimum atomic E-state index is -0.419. The average molecular weight is 259 g/mol. The number of aryl methyl sites for hydroxylation is 1. The first-order chi connectivity index (χ1) is 9.07. The SMILES string of the molecule is Cc1ccc(OC(C)C)c(C2(N=C=O)CCCC2)c1. The largest absolute Gasteiger partial charge is 0.491 e. The Bertz CT molecular complexity index is 495. The Labute approximate surface area is 114 Å². The van der Waals surface area contributed by atoms with E-state index in [1.165, 1.54) is 5.56 Å². The Morgan fingerprint density at radius 3 is 2.58 bits per heavy atom. The summed E-state index contributed by atoms with van der Waals surface area (Å²) in [7, 11) is 0. The van der Waals surface area contributed by atoms with Gasteiger partial charge in [0, 0.05) is 5.56 Å². The van der Waals surface area contributed by atoms with E-state index >= 15 is 0 Å². The maximum atomic E-state index is 10.8. The van der Waals surface area contributed by atoms with E-state index in [9.17, 15) is 4.79 Å². The quantitative estimate of drug-likeness (QED) is 0.608. The van der Waals surface area contributed by atoms with Crippen LogP contribution in [0, 0.1) is 6.92 Å². The molecule has 2 rings (SSSR count). The lowest BCUT2D eigenvalue weighted by Crippen LogP contribution is -2.21. The molecule has 0 spiro atoms. The number of carbonyl (C=O) groups excluding carboxylic acids is 1. The second-order valence-electron chi connectivity index (χ2n) is 5.61. The highest BCUT2D eigenvalue weighted by molar-refractivity contribution is 5.46. The van der Waals surface area contributed by atoms with Crippen LogP contribution in [0.15, 0.2) is 23.2 Å². The second-order valence-corrected chi connectivity index (χ2v) is 5.61. The van der Waals surface area contributed by atoms with Gasteiger partial charge in [0.05, 0.1) is 6.10 Å². The highest BCUT2D eigenvalue weighted by Gasteiger charge is 2.38. The van der Waals surface area contributed by atoms with Crippen LogP contribution in [0.1, 0.15) is 50.7 Å². The minimum absolute atomic E-state index is 0.111. The van der Waals surface area contributed by atoms with Crippen molar-refractivity contribution in [2.24, 2.45) is 4.99 Å². The number of rotatable bonds is 4. The van der Waals surface area contributed by atoms with Crippen molar-refractivity contribution in [2.75, 3.05) is 0 Å². The van der Waals surface area contributed by atoms with Crippen LogP contribution in [0.3, 0.4) is 0 Å². The molecule has 3 nitrogen and oxygen atoms in total. The Morgan fingerprint density at radius 1 is 1.32 bits per heavy atom. The zero-order valence-electron chi connectivity index (χ0n) is 11.9. The number of benzene rings is 1. The van der Waals surface area contributed by atoms with Crippen LogP contribution < -0.4 is 4.74 Å². The molecule has 0 radical (unpaired) electrons. The van der Waals surface area contributed by atoms with Crippen LogP contribution in [0.25, 0.3) is 0 Å². The lowest BCUT2D eigenvalue weighted by Gasteiger charge is -2.26. The second kappa shape index (κ2) is 5.58. The normalized spacial score (nSPS) is 17.3. The van der Waals surface area contributed by atoms with Crippen molar-refractivity contribution < 1.29 is 9.53 Å². The molecule has 1 aromatic carbocycles. The van der Waals surface area contributed by atoms with Crippen molar-refractivity contribution in [3.8, 4) is 5.75 Å². The third-order valence-corrected chi connectivity index (χ3v) is 3.69. The van der Waals surface area contributed by atoms with Crippen molar-refractivity contribution in [1.82, 2.24) is 0 Å². The molecule has 0 atom stereocenters.